The second-order valence-corrected chi connectivity index (χ2v) is 4.44. The largest absolute Gasteiger partial charge is 0.264 e. The summed E-state index contributed by atoms with van der Waals surface area (Å²) in [4.78, 5) is 4.09. The Bertz CT molecular complexity index is 780. The van der Waals surface area contributed by atoms with Gasteiger partial charge in [0.15, 0.2) is 5.69 Å². The summed E-state index contributed by atoms with van der Waals surface area (Å²) < 4.78 is 1.87. The zero-order valence-electron chi connectivity index (χ0n) is 10.5. The van der Waals surface area contributed by atoms with Gasteiger partial charge in [-0.15, -0.1) is 0 Å². The molecule has 3 aromatic rings. The van der Waals surface area contributed by atoms with Crippen molar-refractivity contribution in [2.45, 2.75) is 13.5 Å². The van der Waals surface area contributed by atoms with Gasteiger partial charge >= 0.3 is 0 Å². The molecule has 92 valence electrons. The third-order valence-electron chi connectivity index (χ3n) is 3.22. The molecule has 0 amide bonds. The molecule has 0 bridgehead atoms. The van der Waals surface area contributed by atoms with Crippen molar-refractivity contribution in [3.63, 3.8) is 0 Å². The normalized spacial score (nSPS) is 10.5. The van der Waals surface area contributed by atoms with Gasteiger partial charge in [-0.3, -0.25) is 9.67 Å². The van der Waals surface area contributed by atoms with Gasteiger partial charge in [0.2, 0.25) is 0 Å². The van der Waals surface area contributed by atoms with Gasteiger partial charge in [-0.25, -0.2) is 0 Å². The first kappa shape index (κ1) is 11.4. The van der Waals surface area contributed by atoms with Crippen molar-refractivity contribution < 1.29 is 0 Å². The first-order valence-corrected chi connectivity index (χ1v) is 6.05. The summed E-state index contributed by atoms with van der Waals surface area (Å²) in [6, 6.07) is 11.9. The molecular weight excluding hydrogens is 236 g/mol. The van der Waals surface area contributed by atoms with E-state index in [0.29, 0.717) is 12.2 Å². The van der Waals surface area contributed by atoms with E-state index in [9.17, 15) is 0 Å². The van der Waals surface area contributed by atoms with Gasteiger partial charge in [0.25, 0.3) is 0 Å². The molecule has 19 heavy (non-hydrogen) atoms. The SMILES string of the molecule is Cc1cnccc1Cn1nc(C#N)c2ccccc21. The Balaban J connectivity index is 2.12. The van der Waals surface area contributed by atoms with E-state index in [1.165, 1.54) is 0 Å². The van der Waals surface area contributed by atoms with Crippen LogP contribution in [-0.2, 0) is 6.54 Å². The van der Waals surface area contributed by atoms with E-state index in [0.717, 1.165) is 22.0 Å². The van der Waals surface area contributed by atoms with Crippen molar-refractivity contribution in [1.29, 1.82) is 5.26 Å². The minimum absolute atomic E-state index is 0.474. The lowest BCUT2D eigenvalue weighted by atomic mass is 10.1. The molecule has 4 heteroatoms. The number of rotatable bonds is 2. The molecule has 0 unspecified atom stereocenters. The summed E-state index contributed by atoms with van der Waals surface area (Å²) in [5.74, 6) is 0. The zero-order valence-corrected chi connectivity index (χ0v) is 10.5. The average Bonchev–Trinajstić information content (AvgIpc) is 2.80. The van der Waals surface area contributed by atoms with E-state index < -0.39 is 0 Å². The van der Waals surface area contributed by atoms with Gasteiger partial charge in [0.1, 0.15) is 6.07 Å². The first-order chi connectivity index (χ1) is 9.29. The van der Waals surface area contributed by atoms with E-state index in [1.54, 1.807) is 6.20 Å². The van der Waals surface area contributed by atoms with Gasteiger partial charge in [-0.1, -0.05) is 12.1 Å². The van der Waals surface area contributed by atoms with Crippen LogP contribution >= 0.6 is 0 Å². The van der Waals surface area contributed by atoms with Crippen molar-refractivity contribution in [3.8, 4) is 6.07 Å². The Morgan fingerprint density at radius 2 is 2.11 bits per heavy atom. The van der Waals surface area contributed by atoms with Crippen molar-refractivity contribution >= 4 is 10.9 Å². The average molecular weight is 248 g/mol. The molecule has 0 atom stereocenters. The van der Waals surface area contributed by atoms with Gasteiger partial charge in [0, 0.05) is 17.8 Å². The number of hydrogen-bond acceptors (Lipinski definition) is 3. The number of aromatic nitrogens is 3. The van der Waals surface area contributed by atoms with Gasteiger partial charge in [0.05, 0.1) is 12.1 Å². The smallest absolute Gasteiger partial charge is 0.170 e. The number of nitriles is 1. The first-order valence-electron chi connectivity index (χ1n) is 6.05. The lowest BCUT2D eigenvalue weighted by Crippen LogP contribution is -2.03. The second kappa shape index (κ2) is 4.54. The van der Waals surface area contributed by atoms with Crippen LogP contribution in [0.5, 0.6) is 0 Å². The predicted octanol–water partition coefficient (Wildman–Crippen LogP) is 2.66. The van der Waals surface area contributed by atoms with Gasteiger partial charge in [-0.05, 0) is 36.2 Å². The highest BCUT2D eigenvalue weighted by atomic mass is 15.3. The van der Waals surface area contributed by atoms with Crippen LogP contribution in [0.1, 0.15) is 16.8 Å². The van der Waals surface area contributed by atoms with E-state index in [4.69, 9.17) is 5.26 Å². The Hall–Kier alpha value is -2.67. The molecule has 2 heterocycles. The second-order valence-electron chi connectivity index (χ2n) is 4.44. The number of hydrogen-bond donors (Lipinski definition) is 0. The maximum Gasteiger partial charge on any atom is 0.170 e. The van der Waals surface area contributed by atoms with Crippen LogP contribution in [0.4, 0.5) is 0 Å². The molecule has 2 aromatic heterocycles. The summed E-state index contributed by atoms with van der Waals surface area (Å²) in [5, 5.41) is 14.4. The monoisotopic (exact) mass is 248 g/mol. The number of nitrogens with zero attached hydrogens (tertiary/aromatic N) is 4. The summed E-state index contributed by atoms with van der Waals surface area (Å²) in [5.41, 5.74) is 3.74. The minimum Gasteiger partial charge on any atom is -0.264 e. The maximum absolute atomic E-state index is 9.13. The third kappa shape index (κ3) is 1.95. The maximum atomic E-state index is 9.13. The lowest BCUT2D eigenvalue weighted by Gasteiger charge is -2.06. The molecule has 0 aliphatic rings. The number of para-hydroxylation sites is 1. The standard InChI is InChI=1S/C15H12N4/c1-11-9-17-7-6-12(11)10-19-15-5-3-2-4-13(15)14(8-16)18-19/h2-7,9H,10H2,1H3. The van der Waals surface area contributed by atoms with Crippen LogP contribution < -0.4 is 0 Å². The molecule has 0 N–H and O–H groups in total. The molecule has 0 aliphatic carbocycles. The van der Waals surface area contributed by atoms with Gasteiger partial charge < -0.3 is 0 Å². The zero-order chi connectivity index (χ0) is 13.2. The third-order valence-corrected chi connectivity index (χ3v) is 3.22. The number of aryl methyl sites for hydroxylation is 1. The van der Waals surface area contributed by atoms with E-state index in [1.807, 2.05) is 48.1 Å². The van der Waals surface area contributed by atoms with Gasteiger partial charge in [-0.2, -0.15) is 10.4 Å². The number of pyridine rings is 1. The lowest BCUT2D eigenvalue weighted by molar-refractivity contribution is 0.704. The molecule has 0 fully saturated rings. The highest BCUT2D eigenvalue weighted by Gasteiger charge is 2.10. The summed E-state index contributed by atoms with van der Waals surface area (Å²) in [7, 11) is 0. The van der Waals surface area contributed by atoms with Crippen LogP contribution in [-0.4, -0.2) is 14.8 Å². The molecule has 0 aliphatic heterocycles. The summed E-state index contributed by atoms with van der Waals surface area (Å²) in [6.07, 6.45) is 3.62. The number of benzene rings is 1. The Kier molecular flexibility index (Phi) is 2.73. The van der Waals surface area contributed by atoms with Crippen LogP contribution in [0.2, 0.25) is 0 Å². The molecule has 0 saturated carbocycles. The molecule has 1 aromatic carbocycles. The quantitative estimate of drug-likeness (QED) is 0.700. The fourth-order valence-electron chi connectivity index (χ4n) is 2.17. The Morgan fingerprint density at radius 1 is 1.26 bits per heavy atom. The van der Waals surface area contributed by atoms with E-state index in [2.05, 4.69) is 16.2 Å². The van der Waals surface area contributed by atoms with Crippen LogP contribution in [0.3, 0.4) is 0 Å². The van der Waals surface area contributed by atoms with Crippen LogP contribution in [0, 0.1) is 18.3 Å². The molecule has 4 nitrogen and oxygen atoms in total. The van der Waals surface area contributed by atoms with Crippen molar-refractivity contribution in [2.24, 2.45) is 0 Å². The molecular formula is C15H12N4. The van der Waals surface area contributed by atoms with Crippen LogP contribution in [0.15, 0.2) is 42.7 Å². The van der Waals surface area contributed by atoms with Crippen molar-refractivity contribution in [3.05, 3.63) is 59.5 Å². The molecule has 0 radical (unpaired) electrons. The summed E-state index contributed by atoms with van der Waals surface area (Å²) in [6.45, 7) is 2.68. The summed E-state index contributed by atoms with van der Waals surface area (Å²) >= 11 is 0. The fourth-order valence-corrected chi connectivity index (χ4v) is 2.17. The minimum atomic E-state index is 0.474. The highest BCUT2D eigenvalue weighted by molar-refractivity contribution is 5.84. The Labute approximate surface area is 110 Å². The number of fused-ring (bicyclic) bond motifs is 1. The fraction of sp³-hybridized carbons (Fsp3) is 0.133. The van der Waals surface area contributed by atoms with Crippen molar-refractivity contribution in [2.75, 3.05) is 0 Å². The molecule has 3 rings (SSSR count). The topological polar surface area (TPSA) is 54.5 Å². The predicted molar refractivity (Wildman–Crippen MR) is 72.5 cm³/mol. The molecule has 0 spiro atoms. The molecule has 0 saturated heterocycles. The van der Waals surface area contributed by atoms with E-state index in [-0.39, 0.29) is 0 Å². The van der Waals surface area contributed by atoms with E-state index >= 15 is 0 Å². The highest BCUT2D eigenvalue weighted by Crippen LogP contribution is 2.19. The Morgan fingerprint density at radius 3 is 2.89 bits per heavy atom. The van der Waals surface area contributed by atoms with Crippen molar-refractivity contribution in [1.82, 2.24) is 14.8 Å². The van der Waals surface area contributed by atoms with Crippen LogP contribution in [0.25, 0.3) is 10.9 Å².